The van der Waals surface area contributed by atoms with Gasteiger partial charge in [-0.15, -0.1) is 0 Å². The van der Waals surface area contributed by atoms with Crippen molar-refractivity contribution in [1.29, 1.82) is 0 Å². The van der Waals surface area contributed by atoms with E-state index in [1.807, 2.05) is 60.7 Å². The maximum atomic E-state index is 12.3. The SMILES string of the molecule is C[C@@H](NC(=O)OC(C)(C)C)C(=O)NN=C(c1ccccc1)c1ccccc1. The van der Waals surface area contributed by atoms with Crippen molar-refractivity contribution in [1.82, 2.24) is 10.7 Å². The number of nitrogens with one attached hydrogen (secondary N) is 2. The van der Waals surface area contributed by atoms with Crippen molar-refractivity contribution >= 4 is 17.7 Å². The summed E-state index contributed by atoms with van der Waals surface area (Å²) in [5.41, 5.74) is 4.27. The minimum absolute atomic E-state index is 0.440. The maximum Gasteiger partial charge on any atom is 0.408 e. The fourth-order valence-electron chi connectivity index (χ4n) is 2.25. The van der Waals surface area contributed by atoms with Gasteiger partial charge in [0.2, 0.25) is 0 Å². The van der Waals surface area contributed by atoms with Gasteiger partial charge < -0.3 is 10.1 Å². The average Bonchev–Trinajstić information content (AvgIpc) is 2.62. The summed E-state index contributed by atoms with van der Waals surface area (Å²) in [7, 11) is 0. The highest BCUT2D eigenvalue weighted by Crippen LogP contribution is 2.10. The molecule has 0 unspecified atom stereocenters. The first-order valence-corrected chi connectivity index (χ1v) is 8.74. The summed E-state index contributed by atoms with van der Waals surface area (Å²) in [5, 5.41) is 6.79. The molecule has 0 spiro atoms. The summed E-state index contributed by atoms with van der Waals surface area (Å²) in [6.07, 6.45) is -0.652. The Hall–Kier alpha value is -3.15. The molecule has 0 fully saturated rings. The number of alkyl carbamates (subject to hydrolysis) is 1. The van der Waals surface area contributed by atoms with E-state index in [9.17, 15) is 9.59 Å². The van der Waals surface area contributed by atoms with Crippen LogP contribution in [0.15, 0.2) is 65.8 Å². The molecular weight excluding hydrogens is 342 g/mol. The van der Waals surface area contributed by atoms with Crippen molar-refractivity contribution in [2.45, 2.75) is 39.3 Å². The highest BCUT2D eigenvalue weighted by molar-refractivity contribution is 6.13. The smallest absolute Gasteiger partial charge is 0.408 e. The lowest BCUT2D eigenvalue weighted by Gasteiger charge is -2.21. The van der Waals surface area contributed by atoms with Crippen LogP contribution in [-0.4, -0.2) is 29.4 Å². The second-order valence-electron chi connectivity index (χ2n) is 7.04. The number of rotatable bonds is 5. The van der Waals surface area contributed by atoms with E-state index < -0.39 is 23.6 Å². The molecule has 2 N–H and O–H groups in total. The lowest BCUT2D eigenvalue weighted by molar-refractivity contribution is -0.122. The molecule has 2 amide bonds. The largest absolute Gasteiger partial charge is 0.444 e. The van der Waals surface area contributed by atoms with Crippen LogP contribution < -0.4 is 10.7 Å². The molecule has 1 atom stereocenters. The van der Waals surface area contributed by atoms with Gasteiger partial charge in [0, 0.05) is 11.1 Å². The summed E-state index contributed by atoms with van der Waals surface area (Å²) < 4.78 is 5.16. The highest BCUT2D eigenvalue weighted by Gasteiger charge is 2.21. The fourth-order valence-corrected chi connectivity index (χ4v) is 2.25. The molecule has 27 heavy (non-hydrogen) atoms. The number of hydrogen-bond donors (Lipinski definition) is 2. The van der Waals surface area contributed by atoms with Gasteiger partial charge in [0.25, 0.3) is 5.91 Å². The lowest BCUT2D eigenvalue weighted by atomic mass is 10.0. The Morgan fingerprint density at radius 1 is 0.926 bits per heavy atom. The first kappa shape index (κ1) is 20.2. The average molecular weight is 367 g/mol. The number of hydrazone groups is 1. The third-order valence-corrected chi connectivity index (χ3v) is 3.50. The van der Waals surface area contributed by atoms with Gasteiger partial charge in [-0.05, 0) is 27.7 Å². The lowest BCUT2D eigenvalue weighted by Crippen LogP contribution is -2.45. The molecule has 0 aromatic heterocycles. The van der Waals surface area contributed by atoms with Gasteiger partial charge in [-0.2, -0.15) is 5.10 Å². The van der Waals surface area contributed by atoms with Crippen molar-refractivity contribution in [2.24, 2.45) is 5.10 Å². The van der Waals surface area contributed by atoms with Gasteiger partial charge in [-0.3, -0.25) is 4.79 Å². The number of hydrogen-bond acceptors (Lipinski definition) is 4. The highest BCUT2D eigenvalue weighted by atomic mass is 16.6. The van der Waals surface area contributed by atoms with E-state index in [1.165, 1.54) is 0 Å². The Morgan fingerprint density at radius 3 is 1.85 bits per heavy atom. The van der Waals surface area contributed by atoms with E-state index >= 15 is 0 Å². The molecule has 0 aliphatic rings. The quantitative estimate of drug-likeness (QED) is 0.627. The number of carbonyl (C=O) groups excluding carboxylic acids is 2. The van der Waals surface area contributed by atoms with Crippen LogP contribution in [0.5, 0.6) is 0 Å². The minimum atomic E-state index is -0.795. The van der Waals surface area contributed by atoms with Gasteiger partial charge in [-0.1, -0.05) is 60.7 Å². The number of ether oxygens (including phenoxy) is 1. The molecule has 2 rings (SSSR count). The van der Waals surface area contributed by atoms with Crippen molar-refractivity contribution in [3.63, 3.8) is 0 Å². The predicted octanol–water partition coefficient (Wildman–Crippen LogP) is 3.47. The molecule has 2 aromatic carbocycles. The zero-order valence-electron chi connectivity index (χ0n) is 16.0. The summed E-state index contributed by atoms with van der Waals surface area (Å²) in [4.78, 5) is 24.1. The molecule has 2 aromatic rings. The normalized spacial score (nSPS) is 11.9. The van der Waals surface area contributed by atoms with Gasteiger partial charge in [0.05, 0.1) is 5.71 Å². The first-order valence-electron chi connectivity index (χ1n) is 8.74. The van der Waals surface area contributed by atoms with Crippen LogP contribution in [0.2, 0.25) is 0 Å². The summed E-state index contributed by atoms with van der Waals surface area (Å²) in [5.74, 6) is -0.440. The topological polar surface area (TPSA) is 79.8 Å². The van der Waals surface area contributed by atoms with Crippen LogP contribution in [-0.2, 0) is 9.53 Å². The molecule has 0 radical (unpaired) electrons. The van der Waals surface area contributed by atoms with Crippen molar-refractivity contribution in [2.75, 3.05) is 0 Å². The molecule has 0 aliphatic carbocycles. The molecule has 142 valence electrons. The predicted molar refractivity (Wildman–Crippen MR) is 105 cm³/mol. The summed E-state index contributed by atoms with van der Waals surface area (Å²) in [6.45, 7) is 6.84. The number of amides is 2. The second kappa shape index (κ2) is 8.98. The molecule has 0 saturated heterocycles. The third kappa shape index (κ3) is 6.58. The zero-order valence-corrected chi connectivity index (χ0v) is 16.0. The Balaban J connectivity index is 2.11. The van der Waals surface area contributed by atoms with Gasteiger partial charge in [-0.25, -0.2) is 10.2 Å². The monoisotopic (exact) mass is 367 g/mol. The van der Waals surface area contributed by atoms with E-state index in [1.54, 1.807) is 27.7 Å². The van der Waals surface area contributed by atoms with Crippen molar-refractivity contribution in [3.05, 3.63) is 71.8 Å². The molecular formula is C21H25N3O3. The Morgan fingerprint density at radius 2 is 1.41 bits per heavy atom. The van der Waals surface area contributed by atoms with Crippen LogP contribution in [0.4, 0.5) is 4.79 Å². The van der Waals surface area contributed by atoms with Gasteiger partial charge in [0.15, 0.2) is 0 Å². The fraction of sp³-hybridized carbons (Fsp3) is 0.286. The second-order valence-corrected chi connectivity index (χ2v) is 7.04. The maximum absolute atomic E-state index is 12.3. The number of carbonyl (C=O) groups is 2. The van der Waals surface area contributed by atoms with E-state index in [2.05, 4.69) is 15.8 Å². The van der Waals surface area contributed by atoms with Gasteiger partial charge in [0.1, 0.15) is 11.6 Å². The number of nitrogens with zero attached hydrogens (tertiary/aromatic N) is 1. The van der Waals surface area contributed by atoms with E-state index in [0.29, 0.717) is 5.71 Å². The molecule has 6 nitrogen and oxygen atoms in total. The Labute approximate surface area is 159 Å². The Bertz CT molecular complexity index is 755. The van der Waals surface area contributed by atoms with Crippen LogP contribution in [0.3, 0.4) is 0 Å². The van der Waals surface area contributed by atoms with Crippen LogP contribution in [0.25, 0.3) is 0 Å². The van der Waals surface area contributed by atoms with E-state index in [-0.39, 0.29) is 0 Å². The van der Waals surface area contributed by atoms with Crippen molar-refractivity contribution in [3.8, 4) is 0 Å². The standard InChI is InChI=1S/C21H25N3O3/c1-15(22-20(26)27-21(2,3)4)19(25)24-23-18(16-11-7-5-8-12-16)17-13-9-6-10-14-17/h5-15H,1-4H3,(H,22,26)(H,24,25)/t15-/m1/s1. The number of benzene rings is 2. The molecule has 0 heterocycles. The van der Waals surface area contributed by atoms with Crippen LogP contribution >= 0.6 is 0 Å². The zero-order chi connectivity index (χ0) is 19.9. The Kier molecular flexibility index (Phi) is 6.71. The summed E-state index contributed by atoms with van der Waals surface area (Å²) >= 11 is 0. The van der Waals surface area contributed by atoms with E-state index in [4.69, 9.17) is 4.74 Å². The van der Waals surface area contributed by atoms with Crippen LogP contribution in [0.1, 0.15) is 38.8 Å². The first-order chi connectivity index (χ1) is 12.8. The van der Waals surface area contributed by atoms with Gasteiger partial charge >= 0.3 is 6.09 Å². The minimum Gasteiger partial charge on any atom is -0.444 e. The van der Waals surface area contributed by atoms with E-state index in [0.717, 1.165) is 11.1 Å². The molecule has 0 aliphatic heterocycles. The molecule has 6 heteroatoms. The molecule has 0 bridgehead atoms. The van der Waals surface area contributed by atoms with Crippen molar-refractivity contribution < 1.29 is 14.3 Å². The molecule has 0 saturated carbocycles. The third-order valence-electron chi connectivity index (χ3n) is 3.50. The summed E-state index contributed by atoms with van der Waals surface area (Å²) in [6, 6.07) is 18.3. The van der Waals surface area contributed by atoms with Crippen LogP contribution in [0, 0.1) is 0 Å².